The molecule has 289 valence electrons. The monoisotopic (exact) mass is 941 g/mol. The third-order valence-electron chi connectivity index (χ3n) is 11.2. The third-order valence-corrected chi connectivity index (χ3v) is 11.2. The zero-order valence-electron chi connectivity index (χ0n) is 34.2. The maximum Gasteiger partial charge on any atom is 0.123 e. The largest absolute Gasteiger partial charge is 0.501 e. The number of rotatable bonds is 5. The van der Waals surface area contributed by atoms with E-state index in [9.17, 15) is 0 Å². The van der Waals surface area contributed by atoms with Gasteiger partial charge in [0, 0.05) is 61.8 Å². The van der Waals surface area contributed by atoms with Gasteiger partial charge in [-0.3, -0.25) is 0 Å². The number of benzene rings is 7. The van der Waals surface area contributed by atoms with E-state index in [1.807, 2.05) is 44.3 Å². The molecule has 0 unspecified atom stereocenters. The van der Waals surface area contributed by atoms with Crippen molar-refractivity contribution in [3.05, 3.63) is 187 Å². The summed E-state index contributed by atoms with van der Waals surface area (Å²) in [6.45, 7) is 8.18. The molecule has 0 fully saturated rings. The van der Waals surface area contributed by atoms with Crippen LogP contribution in [-0.4, -0.2) is 14.5 Å². The predicted octanol–water partition coefficient (Wildman–Crippen LogP) is 14.6. The summed E-state index contributed by atoms with van der Waals surface area (Å²) in [6, 6.07) is 59.4. The summed E-state index contributed by atoms with van der Waals surface area (Å²) in [5, 5.41) is 9.51. The number of pyridine rings is 2. The first-order valence-electron chi connectivity index (χ1n) is 20.3. The molecule has 0 atom stereocenters. The van der Waals surface area contributed by atoms with E-state index in [1.165, 1.54) is 43.4 Å². The van der Waals surface area contributed by atoms with Crippen LogP contribution in [-0.2, 0) is 20.1 Å². The molecule has 5 heteroatoms. The van der Waals surface area contributed by atoms with Gasteiger partial charge in [0.15, 0.2) is 0 Å². The van der Waals surface area contributed by atoms with Gasteiger partial charge in [-0.05, 0) is 65.0 Å². The van der Waals surface area contributed by atoms with Crippen LogP contribution in [0, 0.1) is 12.1 Å². The van der Waals surface area contributed by atoms with Gasteiger partial charge in [-0.1, -0.05) is 145 Å². The van der Waals surface area contributed by atoms with Gasteiger partial charge in [-0.2, -0.15) is 0 Å². The Hall–Kier alpha value is -6.39. The summed E-state index contributed by atoms with van der Waals surface area (Å²) >= 11 is 0. The Morgan fingerprint density at radius 2 is 1.29 bits per heavy atom. The topological polar surface area (TPSA) is 43.9 Å². The van der Waals surface area contributed by atoms with Gasteiger partial charge in [0.05, 0.1) is 16.6 Å². The molecule has 11 aromatic rings. The summed E-state index contributed by atoms with van der Waals surface area (Å²) in [7, 11) is 0. The number of para-hydroxylation sites is 2. The first-order chi connectivity index (χ1) is 28.7. The quantitative estimate of drug-likeness (QED) is 0.128. The van der Waals surface area contributed by atoms with Crippen LogP contribution < -0.4 is 0 Å². The standard InChI is InChI=1S/C32H23N2O.C22H18N.Ir/c1-20(2)21-15-16-33-28(17-21)25-13-8-12-24-27-18-26-23-11-6-7-14-29(23)34(22-9-4-3-5-10-22)30(26)19-31(27)35-32(24)25;1-15(2)17-11-12-23-22(14-17)19-9-10-21-18(13-19)8-7-16-5-3-4-6-20(16)21;/h3-12,14-20H,1-2H3;3-8,10-15H,1-2H3;/q2*-1;/i;15D;. The van der Waals surface area contributed by atoms with Gasteiger partial charge in [-0.15, -0.1) is 47.3 Å². The molecule has 0 saturated heterocycles. The Balaban J connectivity index is 0.000000163. The van der Waals surface area contributed by atoms with Crippen LogP contribution in [0.25, 0.3) is 93.5 Å². The number of aromatic nitrogens is 3. The molecule has 0 bridgehead atoms. The van der Waals surface area contributed by atoms with E-state index in [-0.39, 0.29) is 20.1 Å². The van der Waals surface area contributed by atoms with Crippen LogP contribution >= 0.6 is 0 Å². The number of hydrogen-bond acceptors (Lipinski definition) is 3. The first kappa shape index (κ1) is 36.9. The van der Waals surface area contributed by atoms with Gasteiger partial charge in [-0.25, -0.2) is 0 Å². The minimum absolute atomic E-state index is 0. The number of fused-ring (bicyclic) bond motifs is 9. The molecule has 0 aliphatic heterocycles. The molecule has 0 N–H and O–H groups in total. The molecule has 4 aromatic heterocycles. The molecule has 4 heterocycles. The van der Waals surface area contributed by atoms with Crippen molar-refractivity contribution in [2.24, 2.45) is 0 Å². The molecule has 0 aliphatic carbocycles. The van der Waals surface area contributed by atoms with E-state index >= 15 is 0 Å². The predicted molar refractivity (Wildman–Crippen MR) is 242 cm³/mol. The number of hydrogen-bond donors (Lipinski definition) is 0. The van der Waals surface area contributed by atoms with Crippen molar-refractivity contribution in [1.82, 2.24) is 14.5 Å². The average Bonchev–Trinajstić information content (AvgIpc) is 3.80. The molecule has 59 heavy (non-hydrogen) atoms. The Morgan fingerprint density at radius 1 is 0.576 bits per heavy atom. The Labute approximate surface area is 358 Å². The number of nitrogens with zero attached hydrogens (tertiary/aromatic N) is 3. The first-order valence-corrected chi connectivity index (χ1v) is 19.8. The molecule has 0 amide bonds. The normalized spacial score (nSPS) is 12.0. The van der Waals surface area contributed by atoms with Crippen molar-refractivity contribution in [1.29, 1.82) is 0 Å². The fraction of sp³-hybridized carbons (Fsp3) is 0.111. The molecule has 11 rings (SSSR count). The van der Waals surface area contributed by atoms with Crippen molar-refractivity contribution < 1.29 is 25.9 Å². The van der Waals surface area contributed by atoms with Crippen LogP contribution in [0.1, 0.15) is 52.0 Å². The molecule has 4 nitrogen and oxygen atoms in total. The Morgan fingerprint density at radius 3 is 2.10 bits per heavy atom. The van der Waals surface area contributed by atoms with Crippen LogP contribution in [0.4, 0.5) is 0 Å². The zero-order chi connectivity index (χ0) is 40.3. The van der Waals surface area contributed by atoms with Crippen LogP contribution in [0.5, 0.6) is 0 Å². The molecule has 7 aromatic carbocycles. The van der Waals surface area contributed by atoms with Gasteiger partial charge < -0.3 is 19.0 Å². The Kier molecular flexibility index (Phi) is 9.86. The maximum atomic E-state index is 8.22. The summed E-state index contributed by atoms with van der Waals surface area (Å²) < 4.78 is 17.1. The SMILES string of the molecule is CC(C)c1ccnc(-c2[c-]ccc3c2oc2cc4c(cc23)c2ccccc2n4-c2ccccc2)c1.[2H]C(C)(C)c1ccnc(-c2[c-]cc3c(ccc4ccccc43)c2)c1.[Ir]. The van der Waals surface area contributed by atoms with Crippen LogP contribution in [0.2, 0.25) is 0 Å². The van der Waals surface area contributed by atoms with Crippen LogP contribution in [0.3, 0.4) is 0 Å². The Bertz CT molecular complexity index is 3360. The van der Waals surface area contributed by atoms with E-state index in [2.05, 4.69) is 168 Å². The van der Waals surface area contributed by atoms with Gasteiger partial charge in [0.1, 0.15) is 5.58 Å². The van der Waals surface area contributed by atoms with Crippen molar-refractivity contribution >= 4 is 65.3 Å². The van der Waals surface area contributed by atoms with E-state index in [0.717, 1.165) is 61.2 Å². The van der Waals surface area contributed by atoms with Crippen molar-refractivity contribution in [3.63, 3.8) is 0 Å². The fourth-order valence-electron chi connectivity index (χ4n) is 8.17. The van der Waals surface area contributed by atoms with Crippen molar-refractivity contribution in [3.8, 4) is 28.2 Å². The van der Waals surface area contributed by atoms with E-state index in [4.69, 9.17) is 5.79 Å². The molecule has 0 saturated carbocycles. The van der Waals surface area contributed by atoms with Gasteiger partial charge >= 0.3 is 0 Å². The molecular weight excluding hydrogens is 899 g/mol. The van der Waals surface area contributed by atoms with Gasteiger partial charge in [0.25, 0.3) is 0 Å². The second kappa shape index (κ2) is 15.8. The minimum Gasteiger partial charge on any atom is -0.501 e. The second-order valence-corrected chi connectivity index (χ2v) is 15.4. The van der Waals surface area contributed by atoms with Crippen LogP contribution in [0.15, 0.2) is 168 Å². The smallest absolute Gasteiger partial charge is 0.123 e. The maximum absolute atomic E-state index is 8.22. The van der Waals surface area contributed by atoms with Gasteiger partial charge in [0.2, 0.25) is 0 Å². The number of furan rings is 1. The summed E-state index contributed by atoms with van der Waals surface area (Å²) in [4.78, 5) is 9.13. The fourth-order valence-corrected chi connectivity index (χ4v) is 8.17. The molecule has 0 aliphatic rings. The molecule has 0 spiro atoms. The van der Waals surface area contributed by atoms with Crippen molar-refractivity contribution in [2.45, 2.75) is 39.5 Å². The summed E-state index contributed by atoms with van der Waals surface area (Å²) in [6.07, 6.45) is 3.66. The molecular formula is C54H41IrN3O-2. The average molecular weight is 941 g/mol. The van der Waals surface area contributed by atoms with Crippen molar-refractivity contribution in [2.75, 3.05) is 0 Å². The zero-order valence-corrected chi connectivity index (χ0v) is 35.6. The molecule has 1 radical (unpaired) electrons. The summed E-state index contributed by atoms with van der Waals surface area (Å²) in [5.74, 6) is -0.205. The second-order valence-electron chi connectivity index (χ2n) is 15.4. The minimum atomic E-state index is -0.634. The van der Waals surface area contributed by atoms with E-state index in [1.54, 1.807) is 6.20 Å². The van der Waals surface area contributed by atoms with E-state index < -0.39 is 5.89 Å². The van der Waals surface area contributed by atoms with E-state index in [0.29, 0.717) is 5.92 Å². The third kappa shape index (κ3) is 6.91. The summed E-state index contributed by atoms with van der Waals surface area (Å²) in [5.41, 5.74) is 11.0.